The zero-order chi connectivity index (χ0) is 17.9. The number of alkyl halides is 6. The fourth-order valence-corrected chi connectivity index (χ4v) is 3.81. The Kier molecular flexibility index (Phi) is 6.60. The van der Waals surface area contributed by atoms with E-state index >= 15 is 0 Å². The summed E-state index contributed by atoms with van der Waals surface area (Å²) in [4.78, 5) is 0. The summed E-state index contributed by atoms with van der Waals surface area (Å²) >= 11 is -1.64. The highest BCUT2D eigenvalue weighted by atomic mass is 32.2. The van der Waals surface area contributed by atoms with Crippen LogP contribution in [0.25, 0.3) is 0 Å². The van der Waals surface area contributed by atoms with Crippen molar-refractivity contribution in [3.05, 3.63) is 0 Å². The number of hydrogen-bond donors (Lipinski definition) is 1. The molecule has 0 aromatic heterocycles. The maximum absolute atomic E-state index is 13.8. The molecule has 23 heavy (non-hydrogen) atoms. The van der Waals surface area contributed by atoms with Crippen molar-refractivity contribution in [2.45, 2.75) is 42.1 Å². The predicted molar refractivity (Wildman–Crippen MR) is 66.2 cm³/mol. The summed E-state index contributed by atoms with van der Waals surface area (Å²) in [6.45, 7) is -0.939. The predicted octanol–water partition coefficient (Wildman–Crippen LogP) is 3.08. The summed E-state index contributed by atoms with van der Waals surface area (Å²) in [5.41, 5.74) is 0. The first-order valence-corrected chi connectivity index (χ1v) is 8.39. The molecule has 0 bridgehead atoms. The van der Waals surface area contributed by atoms with Gasteiger partial charge in [-0.05, 0) is 12.8 Å². The molecule has 0 atom stereocenters. The first-order valence-electron chi connectivity index (χ1n) is 6.21. The Labute approximate surface area is 131 Å². The molecule has 6 nitrogen and oxygen atoms in total. The standard InChI is InChI=1S/C9H13F6NO5S2/c10-7(11,8(12,13)22-21-20-17)9(14,15)23(18,19)16-5-3-1-2-4-6-16/h17H,1-6H2. The summed E-state index contributed by atoms with van der Waals surface area (Å²) in [6, 6.07) is 0. The van der Waals surface area contributed by atoms with Crippen LogP contribution in [0.2, 0.25) is 0 Å². The lowest BCUT2D eigenvalue weighted by Crippen LogP contribution is -2.60. The minimum absolute atomic E-state index is 0.0814. The fraction of sp³-hybridized carbons (Fsp3) is 1.00. The quantitative estimate of drug-likeness (QED) is 0.310. The van der Waals surface area contributed by atoms with E-state index in [4.69, 9.17) is 5.26 Å². The molecule has 0 aliphatic carbocycles. The molecule has 1 saturated heterocycles. The maximum atomic E-state index is 13.8. The maximum Gasteiger partial charge on any atom is 0.428 e. The molecule has 14 heteroatoms. The minimum Gasteiger partial charge on any atom is -0.220 e. The van der Waals surface area contributed by atoms with Gasteiger partial charge in [0.25, 0.3) is 10.0 Å². The second-order valence-corrected chi connectivity index (χ2v) is 7.45. The molecular formula is C9H13F6NO5S2. The average Bonchev–Trinajstić information content (AvgIpc) is 2.74. The van der Waals surface area contributed by atoms with Gasteiger partial charge >= 0.3 is 16.4 Å². The van der Waals surface area contributed by atoms with Crippen molar-refractivity contribution in [3.63, 3.8) is 0 Å². The summed E-state index contributed by atoms with van der Waals surface area (Å²) in [7, 11) is -6.05. The highest BCUT2D eigenvalue weighted by Gasteiger charge is 2.79. The van der Waals surface area contributed by atoms with Crippen molar-refractivity contribution in [1.29, 1.82) is 0 Å². The third-order valence-corrected chi connectivity index (χ3v) is 5.67. The lowest BCUT2D eigenvalue weighted by molar-refractivity contribution is -0.434. The monoisotopic (exact) mass is 393 g/mol. The van der Waals surface area contributed by atoms with Crippen molar-refractivity contribution in [2.75, 3.05) is 13.1 Å². The van der Waals surface area contributed by atoms with Crippen molar-refractivity contribution in [3.8, 4) is 0 Å². The molecule has 0 spiro atoms. The van der Waals surface area contributed by atoms with Gasteiger partial charge in [0.15, 0.2) is 0 Å². The van der Waals surface area contributed by atoms with E-state index in [2.05, 4.69) is 9.37 Å². The summed E-state index contributed by atoms with van der Waals surface area (Å²) in [5, 5.41) is -1.49. The van der Waals surface area contributed by atoms with Gasteiger partial charge < -0.3 is 0 Å². The van der Waals surface area contributed by atoms with Crippen molar-refractivity contribution < 1.29 is 49.4 Å². The van der Waals surface area contributed by atoms with Crippen LogP contribution in [-0.2, 0) is 19.4 Å². The van der Waals surface area contributed by atoms with Gasteiger partial charge in [0.1, 0.15) is 12.0 Å². The number of halogens is 6. The Morgan fingerprint density at radius 2 is 1.43 bits per heavy atom. The SMILES string of the molecule is O=S(=O)(N1CCCCCC1)C(F)(F)C(F)(F)C(F)(F)SOOO. The topological polar surface area (TPSA) is 76.1 Å². The van der Waals surface area contributed by atoms with Crippen LogP contribution in [0, 0.1) is 0 Å². The summed E-state index contributed by atoms with van der Waals surface area (Å²) in [6.07, 6.45) is 1.30. The largest absolute Gasteiger partial charge is 0.428 e. The van der Waals surface area contributed by atoms with Crippen LogP contribution >= 0.6 is 12.0 Å². The molecule has 1 rings (SSSR count). The zero-order valence-corrected chi connectivity index (χ0v) is 13.0. The molecule has 0 unspecified atom stereocenters. The van der Waals surface area contributed by atoms with Crippen molar-refractivity contribution in [2.24, 2.45) is 0 Å². The van der Waals surface area contributed by atoms with E-state index < -0.39 is 51.6 Å². The van der Waals surface area contributed by atoms with Crippen LogP contribution in [0.5, 0.6) is 0 Å². The fourth-order valence-electron chi connectivity index (χ4n) is 1.89. The van der Waals surface area contributed by atoms with E-state index in [0.29, 0.717) is 12.8 Å². The zero-order valence-electron chi connectivity index (χ0n) is 11.4. The molecule has 1 aliphatic rings. The van der Waals surface area contributed by atoms with E-state index in [1.165, 1.54) is 0 Å². The Morgan fingerprint density at radius 3 is 1.87 bits per heavy atom. The lowest BCUT2D eigenvalue weighted by atomic mass is 10.2. The second-order valence-electron chi connectivity index (χ2n) is 4.65. The summed E-state index contributed by atoms with van der Waals surface area (Å²) < 4.78 is 108. The third kappa shape index (κ3) is 3.87. The lowest BCUT2D eigenvalue weighted by Gasteiger charge is -2.33. The van der Waals surface area contributed by atoms with E-state index in [9.17, 15) is 34.8 Å². The molecule has 1 heterocycles. The number of nitrogens with zero attached hydrogens (tertiary/aromatic N) is 1. The second kappa shape index (κ2) is 7.31. The molecule has 138 valence electrons. The van der Waals surface area contributed by atoms with Gasteiger partial charge in [-0.2, -0.15) is 30.6 Å². The highest BCUT2D eigenvalue weighted by molar-refractivity contribution is 7.95. The van der Waals surface area contributed by atoms with E-state index in [0.717, 1.165) is 0 Å². The highest BCUT2D eigenvalue weighted by Crippen LogP contribution is 2.54. The van der Waals surface area contributed by atoms with E-state index in [-0.39, 0.29) is 17.1 Å². The van der Waals surface area contributed by atoms with Crippen LogP contribution in [0.15, 0.2) is 0 Å². The normalized spacial score (nSPS) is 19.6. The Balaban J connectivity index is 3.14. The molecule has 0 radical (unpaired) electrons. The Hall–Kier alpha value is -0.280. The van der Waals surface area contributed by atoms with Gasteiger partial charge in [-0.25, -0.2) is 13.7 Å². The molecular weight excluding hydrogens is 380 g/mol. The number of hydrogen-bond acceptors (Lipinski definition) is 6. The van der Waals surface area contributed by atoms with Gasteiger partial charge in [-0.15, -0.1) is 4.33 Å². The first kappa shape index (κ1) is 20.8. The molecule has 0 saturated carbocycles. The average molecular weight is 393 g/mol. The Morgan fingerprint density at radius 1 is 0.957 bits per heavy atom. The van der Waals surface area contributed by atoms with E-state index in [1.54, 1.807) is 0 Å². The number of sulfonamides is 1. The molecule has 0 aromatic carbocycles. The first-order chi connectivity index (χ1) is 10.4. The van der Waals surface area contributed by atoms with Gasteiger partial charge in [0.2, 0.25) is 0 Å². The Bertz CT molecular complexity index is 495. The van der Waals surface area contributed by atoms with E-state index in [1.807, 2.05) is 0 Å². The van der Waals surface area contributed by atoms with Gasteiger partial charge in [-0.3, -0.25) is 0 Å². The summed E-state index contributed by atoms with van der Waals surface area (Å²) in [5.74, 6) is -6.33. The molecule has 0 aromatic rings. The van der Waals surface area contributed by atoms with Crippen LogP contribution in [0.4, 0.5) is 26.3 Å². The number of rotatable bonds is 7. The van der Waals surface area contributed by atoms with Crippen LogP contribution in [0.1, 0.15) is 25.7 Å². The molecule has 1 aliphatic heterocycles. The minimum atomic E-state index is -6.33. The van der Waals surface area contributed by atoms with Gasteiger partial charge in [0, 0.05) is 13.1 Å². The molecule has 0 amide bonds. The van der Waals surface area contributed by atoms with Gasteiger partial charge in [0.05, 0.1) is 0 Å². The van der Waals surface area contributed by atoms with Gasteiger partial charge in [-0.1, -0.05) is 17.9 Å². The smallest absolute Gasteiger partial charge is 0.220 e. The van der Waals surface area contributed by atoms with Crippen LogP contribution in [-0.4, -0.2) is 47.5 Å². The molecule has 1 fully saturated rings. The van der Waals surface area contributed by atoms with Crippen LogP contribution in [0.3, 0.4) is 0 Å². The van der Waals surface area contributed by atoms with Crippen LogP contribution < -0.4 is 0 Å². The third-order valence-electron chi connectivity index (χ3n) is 3.13. The molecule has 1 N–H and O–H groups in total. The van der Waals surface area contributed by atoms with Crippen molar-refractivity contribution in [1.82, 2.24) is 4.31 Å². The van der Waals surface area contributed by atoms with Crippen molar-refractivity contribution >= 4 is 22.1 Å².